The molecule has 21 nitrogen and oxygen atoms in total. The summed E-state index contributed by atoms with van der Waals surface area (Å²) in [5, 5.41) is 47.1. The number of benzene rings is 3. The molecule has 3 rings (SSSR count). The van der Waals surface area contributed by atoms with Gasteiger partial charge in [-0.25, -0.2) is 0 Å². The Morgan fingerprint density at radius 2 is 1.26 bits per heavy atom. The Morgan fingerprint density at radius 3 is 1.83 bits per heavy atom. The normalized spacial score (nSPS) is 13.5. The van der Waals surface area contributed by atoms with E-state index in [0.29, 0.717) is 22.6 Å². The number of aliphatic hydroxyl groups excluding tert-OH is 1. The first kappa shape index (κ1) is 52.4. The number of aliphatic carboxylic acids is 1. The Balaban J connectivity index is 1.77. The van der Waals surface area contributed by atoms with Crippen molar-refractivity contribution in [2.45, 2.75) is 68.9 Å². The molecule has 14 N–H and O–H groups in total. The lowest BCUT2D eigenvalue weighted by Gasteiger charge is -2.26. The number of rotatable bonds is 27. The summed E-state index contributed by atoms with van der Waals surface area (Å²) >= 11 is 4.39. The van der Waals surface area contributed by atoms with Crippen molar-refractivity contribution in [3.8, 4) is 11.5 Å². The number of carbonyl (C=O) groups excluding carboxylic acids is 6. The van der Waals surface area contributed by atoms with Gasteiger partial charge in [-0.15, -0.1) is 0 Å². The number of ether oxygens (including phenoxy) is 1. The van der Waals surface area contributed by atoms with Crippen LogP contribution in [0.5, 0.6) is 11.5 Å². The van der Waals surface area contributed by atoms with Crippen LogP contribution in [-0.2, 0) is 46.4 Å². The molecular weight excluding hydrogens is 865 g/mol. The fourth-order valence-corrected chi connectivity index (χ4v) is 6.56. The lowest BCUT2D eigenvalue weighted by Crippen LogP contribution is -2.59. The first-order chi connectivity index (χ1) is 31.0. The number of hydrogen-bond donors (Lipinski definition) is 13. The van der Waals surface area contributed by atoms with Gasteiger partial charge in [0.25, 0.3) is 0 Å². The first-order valence-electron chi connectivity index (χ1n) is 20.5. The molecule has 0 aliphatic carbocycles. The molecule has 6 amide bonds. The number of methoxy groups -OCH3 is 1. The van der Waals surface area contributed by atoms with Crippen LogP contribution in [0.25, 0.3) is 0 Å². The summed E-state index contributed by atoms with van der Waals surface area (Å²) in [6.45, 7) is -0.560. The summed E-state index contributed by atoms with van der Waals surface area (Å²) in [4.78, 5) is 95.8. The van der Waals surface area contributed by atoms with Crippen molar-refractivity contribution in [3.63, 3.8) is 0 Å². The number of aliphatic hydroxyl groups is 1. The van der Waals surface area contributed by atoms with Gasteiger partial charge in [0.05, 0.1) is 26.3 Å². The standard InChI is InChI=1S/C43H58N10O11S/c1-25(49-35(24-65)28-12-16-30(64-2)17-13-28)38(59)47-21-36(56)50-34(23-54)42(63)53-33(20-27-10-14-29(55)15-11-27)41(62)51-31(9-6-18-46-43(44)45)40(61)52-32(39(60)48-22-37(57)58)19-26-7-4-3-5-8-26/h3-5,7-8,10-17,25,31-35,49,54-55,65H,6,9,18-24H2,1-2H3,(H,47,59)(H,48,60)(H,50,56)(H,51,62)(H,52,61)(H,53,63)(H,57,58)(H4,44,45,46)/t25-,31-,32-,33-,34-,35?/m0/s1. The van der Waals surface area contributed by atoms with Gasteiger partial charge in [-0.2, -0.15) is 12.6 Å². The molecule has 0 aromatic heterocycles. The molecule has 0 aliphatic heterocycles. The lowest BCUT2D eigenvalue weighted by atomic mass is 10.0. The molecule has 0 aliphatic rings. The first-order valence-corrected chi connectivity index (χ1v) is 21.1. The van der Waals surface area contributed by atoms with Crippen molar-refractivity contribution < 1.29 is 53.6 Å². The number of phenols is 1. The minimum atomic E-state index is -1.60. The Bertz CT molecular complexity index is 2070. The monoisotopic (exact) mass is 922 g/mol. The summed E-state index contributed by atoms with van der Waals surface area (Å²) in [5.41, 5.74) is 12.9. The van der Waals surface area contributed by atoms with Crippen LogP contribution in [0.1, 0.15) is 42.5 Å². The number of nitrogens with two attached hydrogens (primary N) is 2. The Morgan fingerprint density at radius 1 is 0.708 bits per heavy atom. The van der Waals surface area contributed by atoms with Crippen molar-refractivity contribution in [2.24, 2.45) is 16.5 Å². The minimum Gasteiger partial charge on any atom is -0.508 e. The average molecular weight is 923 g/mol. The second kappa shape index (κ2) is 27.3. The second-order valence-electron chi connectivity index (χ2n) is 14.7. The van der Waals surface area contributed by atoms with E-state index in [9.17, 15) is 43.8 Å². The van der Waals surface area contributed by atoms with E-state index in [1.807, 2.05) is 12.1 Å². The fourth-order valence-electron chi connectivity index (χ4n) is 6.24. The van der Waals surface area contributed by atoms with Crippen molar-refractivity contribution in [2.75, 3.05) is 39.1 Å². The van der Waals surface area contributed by atoms with Gasteiger partial charge >= 0.3 is 5.97 Å². The predicted molar refractivity (Wildman–Crippen MR) is 243 cm³/mol. The molecule has 3 aromatic carbocycles. The van der Waals surface area contributed by atoms with E-state index in [2.05, 4.69) is 54.8 Å². The van der Waals surface area contributed by atoms with E-state index >= 15 is 0 Å². The molecule has 65 heavy (non-hydrogen) atoms. The van der Waals surface area contributed by atoms with Crippen LogP contribution in [-0.4, -0.2) is 132 Å². The number of guanidine groups is 1. The van der Waals surface area contributed by atoms with Crippen LogP contribution >= 0.6 is 12.6 Å². The van der Waals surface area contributed by atoms with E-state index < -0.39 is 91.3 Å². The highest BCUT2D eigenvalue weighted by molar-refractivity contribution is 7.80. The number of amides is 6. The SMILES string of the molecule is COc1ccc(C(CS)N[C@@H](C)C(=O)NCC(=O)N[C@@H](CO)C(=O)N[C@@H](Cc2ccc(O)cc2)C(=O)N[C@@H](CCCN=C(N)N)C(=O)N[C@@H](Cc2ccccc2)C(=O)NCC(=O)O)cc1. The fraction of sp³-hybridized carbons (Fsp3) is 0.395. The van der Waals surface area contributed by atoms with Gasteiger partial charge in [0.15, 0.2) is 5.96 Å². The van der Waals surface area contributed by atoms with Crippen LogP contribution in [0.2, 0.25) is 0 Å². The summed E-state index contributed by atoms with van der Waals surface area (Å²) < 4.78 is 5.19. The number of phenolic OH excluding ortho intramolecular Hbond substituents is 1. The molecule has 1 unspecified atom stereocenters. The number of thiol groups is 1. The van der Waals surface area contributed by atoms with Gasteiger partial charge in [-0.1, -0.05) is 54.6 Å². The highest BCUT2D eigenvalue weighted by Gasteiger charge is 2.32. The summed E-state index contributed by atoms with van der Waals surface area (Å²) in [6, 6.07) is 14.7. The number of aromatic hydroxyl groups is 1. The van der Waals surface area contributed by atoms with E-state index in [1.54, 1.807) is 56.5 Å². The Labute approximate surface area is 381 Å². The maximum atomic E-state index is 14.1. The quantitative estimate of drug-likeness (QED) is 0.0173. The van der Waals surface area contributed by atoms with Crippen LogP contribution < -0.4 is 53.4 Å². The van der Waals surface area contributed by atoms with Crippen LogP contribution in [0.4, 0.5) is 0 Å². The minimum absolute atomic E-state index is 0.0405. The van der Waals surface area contributed by atoms with Crippen molar-refractivity contribution in [3.05, 3.63) is 95.6 Å². The smallest absolute Gasteiger partial charge is 0.322 e. The molecule has 0 spiro atoms. The molecule has 352 valence electrons. The van der Waals surface area contributed by atoms with Crippen molar-refractivity contribution in [1.29, 1.82) is 0 Å². The van der Waals surface area contributed by atoms with Gasteiger partial charge in [0.2, 0.25) is 35.4 Å². The zero-order chi connectivity index (χ0) is 47.9. The molecule has 0 heterocycles. The number of hydrogen-bond acceptors (Lipinski definition) is 13. The largest absolute Gasteiger partial charge is 0.508 e. The van der Waals surface area contributed by atoms with Crippen molar-refractivity contribution in [1.82, 2.24) is 37.2 Å². The molecular formula is C43H58N10O11S. The number of nitrogens with zero attached hydrogens (tertiary/aromatic N) is 1. The molecule has 0 saturated carbocycles. The number of nitrogens with one attached hydrogen (secondary N) is 7. The highest BCUT2D eigenvalue weighted by Crippen LogP contribution is 2.19. The van der Waals surface area contributed by atoms with Gasteiger partial charge in [-0.05, 0) is 60.7 Å². The van der Waals surface area contributed by atoms with Crippen molar-refractivity contribution >= 4 is 60.0 Å². The molecule has 22 heteroatoms. The van der Waals surface area contributed by atoms with Crippen LogP contribution in [0.15, 0.2) is 83.9 Å². The summed E-state index contributed by atoms with van der Waals surface area (Å²) in [5.74, 6) is -5.51. The number of aliphatic imine (C=N–C) groups is 1. The van der Waals surface area contributed by atoms with E-state index in [4.69, 9.17) is 21.3 Å². The zero-order valence-electron chi connectivity index (χ0n) is 36.0. The molecule has 0 bridgehead atoms. The molecule has 0 radical (unpaired) electrons. The van der Waals surface area contributed by atoms with Crippen LogP contribution in [0, 0.1) is 0 Å². The third-order valence-electron chi connectivity index (χ3n) is 9.72. The van der Waals surface area contributed by atoms with Gasteiger partial charge in [-0.3, -0.25) is 43.9 Å². The number of carbonyl (C=O) groups is 7. The van der Waals surface area contributed by atoms with E-state index in [1.165, 1.54) is 24.3 Å². The molecule has 0 saturated heterocycles. The summed E-state index contributed by atoms with van der Waals surface area (Å²) in [7, 11) is 1.55. The third-order valence-corrected chi connectivity index (χ3v) is 10.1. The lowest BCUT2D eigenvalue weighted by molar-refractivity contribution is -0.138. The topological polar surface area (TPSA) is 338 Å². The average Bonchev–Trinajstić information content (AvgIpc) is 3.29. The van der Waals surface area contributed by atoms with Gasteiger partial charge in [0.1, 0.15) is 42.2 Å². The maximum Gasteiger partial charge on any atom is 0.322 e. The van der Waals surface area contributed by atoms with Gasteiger partial charge < -0.3 is 63.4 Å². The summed E-state index contributed by atoms with van der Waals surface area (Å²) in [6.07, 6.45) is -0.163. The molecule has 0 fully saturated rings. The van der Waals surface area contributed by atoms with Crippen LogP contribution in [0.3, 0.4) is 0 Å². The third kappa shape index (κ3) is 18.8. The predicted octanol–water partition coefficient (Wildman–Crippen LogP) is -1.86. The second-order valence-corrected chi connectivity index (χ2v) is 15.1. The highest BCUT2D eigenvalue weighted by atomic mass is 32.1. The number of carboxylic acids is 1. The van der Waals surface area contributed by atoms with E-state index in [0.717, 1.165) is 5.56 Å². The Hall–Kier alpha value is -6.91. The molecule has 6 atom stereocenters. The number of carboxylic acid groups (broad SMARTS) is 1. The van der Waals surface area contributed by atoms with E-state index in [-0.39, 0.29) is 50.0 Å². The van der Waals surface area contributed by atoms with Gasteiger partial charge in [0, 0.05) is 31.2 Å². The molecule has 3 aromatic rings. The maximum absolute atomic E-state index is 14.1. The zero-order valence-corrected chi connectivity index (χ0v) is 36.9. The Kier molecular flexibility index (Phi) is 22.0.